The summed E-state index contributed by atoms with van der Waals surface area (Å²) in [5, 5.41) is 8.52. The molecule has 64 valence electrons. The first-order valence-corrected chi connectivity index (χ1v) is 3.27. The van der Waals surface area contributed by atoms with Gasteiger partial charge in [0.2, 0.25) is 0 Å². The molecule has 0 saturated heterocycles. The molecule has 1 aromatic rings. The second-order valence-electron chi connectivity index (χ2n) is 2.36. The number of halogens is 1. The maximum absolute atomic E-state index is 11.7. The summed E-state index contributed by atoms with van der Waals surface area (Å²) in [6, 6.07) is 4.01. The van der Waals surface area contributed by atoms with Gasteiger partial charge in [0, 0.05) is 4.53 Å². The van der Waals surface area contributed by atoms with Crippen molar-refractivity contribution in [2.75, 3.05) is 0 Å². The Morgan fingerprint density at radius 1 is 1.58 bits per heavy atom. The summed E-state index contributed by atoms with van der Waals surface area (Å²) in [6.07, 6.45) is 0. The third-order valence-corrected chi connectivity index (χ3v) is 1.52. The minimum Gasteiger partial charge on any atom is -0.478 e. The fraction of sp³-hybridized carbons (Fsp3) is 0.125. The average Bonchev–Trinajstić information content (AvgIpc) is 2.05. The first kappa shape index (κ1) is 8.52. The van der Waals surface area contributed by atoms with Crippen molar-refractivity contribution in [2.24, 2.45) is 0 Å². The molecular weight excluding hydrogens is 163 g/mol. The topological polar surface area (TPSA) is 46.5 Å². The molecule has 0 aromatic heterocycles. The van der Waals surface area contributed by atoms with Crippen LogP contribution in [0.2, 0.25) is 0 Å². The number of carboxylic acid groups (broad SMARTS) is 1. The molecule has 4 heteroatoms. The van der Waals surface area contributed by atoms with Crippen LogP contribution >= 0.6 is 0 Å². The summed E-state index contributed by atoms with van der Waals surface area (Å²) in [4.78, 5) is 13.9. The Bertz CT molecular complexity index is 309. The Kier molecular flexibility index (Phi) is 2.28. The van der Waals surface area contributed by atoms with Crippen LogP contribution in [0.4, 0.5) is 4.53 Å². The van der Waals surface area contributed by atoms with E-state index in [9.17, 15) is 9.32 Å². The van der Waals surface area contributed by atoms with Crippen LogP contribution in [0, 0.1) is 6.92 Å². The molecule has 0 atom stereocenters. The fourth-order valence-electron chi connectivity index (χ4n) is 0.816. The number of hydrogen-bond donors (Lipinski definition) is 1. The van der Waals surface area contributed by atoms with Crippen molar-refractivity contribution in [1.29, 1.82) is 0 Å². The van der Waals surface area contributed by atoms with Gasteiger partial charge in [-0.15, -0.1) is 0 Å². The van der Waals surface area contributed by atoms with Crippen LogP contribution in [0.25, 0.3) is 0 Å². The average molecular weight is 170 g/mol. The summed E-state index contributed by atoms with van der Waals surface area (Å²) >= 11 is 0. The molecule has 0 aliphatic heterocycles. The highest BCUT2D eigenvalue weighted by Crippen LogP contribution is 2.19. The molecule has 0 fully saturated rings. The van der Waals surface area contributed by atoms with E-state index in [0.717, 1.165) is 6.07 Å². The molecule has 0 bridgehead atoms. The van der Waals surface area contributed by atoms with Crippen molar-refractivity contribution in [3.8, 4) is 5.75 Å². The minimum atomic E-state index is -1.10. The Morgan fingerprint density at radius 2 is 2.25 bits per heavy atom. The lowest BCUT2D eigenvalue weighted by molar-refractivity contribution is -0.00712. The maximum Gasteiger partial charge on any atom is 0.335 e. The summed E-state index contributed by atoms with van der Waals surface area (Å²) in [7, 11) is 0. The Morgan fingerprint density at radius 3 is 2.75 bits per heavy atom. The second kappa shape index (κ2) is 3.21. The van der Waals surface area contributed by atoms with Gasteiger partial charge >= 0.3 is 5.97 Å². The third-order valence-electron chi connectivity index (χ3n) is 1.52. The molecule has 0 saturated carbocycles. The van der Waals surface area contributed by atoms with E-state index in [1.54, 1.807) is 6.92 Å². The molecule has 0 aliphatic carbocycles. The van der Waals surface area contributed by atoms with Crippen molar-refractivity contribution >= 4 is 5.97 Å². The van der Waals surface area contributed by atoms with Gasteiger partial charge in [-0.3, -0.25) is 4.94 Å². The Balaban J connectivity index is 3.13. The Labute approximate surface area is 68.3 Å². The van der Waals surface area contributed by atoms with E-state index in [2.05, 4.69) is 4.94 Å². The van der Waals surface area contributed by atoms with Crippen LogP contribution in [0.5, 0.6) is 5.75 Å². The van der Waals surface area contributed by atoms with E-state index < -0.39 is 5.97 Å². The number of rotatable bonds is 2. The molecular formula is C8H7FO3. The number of aromatic carboxylic acids is 1. The smallest absolute Gasteiger partial charge is 0.335 e. The van der Waals surface area contributed by atoms with E-state index in [0.29, 0.717) is 5.56 Å². The van der Waals surface area contributed by atoms with E-state index in [4.69, 9.17) is 5.11 Å². The molecule has 0 aliphatic rings. The SMILES string of the molecule is Cc1ccc(C(=O)O)cc1OF. The quantitative estimate of drug-likeness (QED) is 0.737. The van der Waals surface area contributed by atoms with Crippen molar-refractivity contribution in [3.63, 3.8) is 0 Å². The number of hydrogen-bond acceptors (Lipinski definition) is 2. The van der Waals surface area contributed by atoms with E-state index in [-0.39, 0.29) is 11.3 Å². The van der Waals surface area contributed by atoms with Crippen LogP contribution < -0.4 is 4.94 Å². The lowest BCUT2D eigenvalue weighted by atomic mass is 10.1. The first-order chi connectivity index (χ1) is 5.65. The fourth-order valence-corrected chi connectivity index (χ4v) is 0.816. The molecule has 0 unspecified atom stereocenters. The van der Waals surface area contributed by atoms with Crippen molar-refractivity contribution in [1.82, 2.24) is 0 Å². The van der Waals surface area contributed by atoms with Crippen molar-refractivity contribution in [3.05, 3.63) is 29.3 Å². The molecule has 0 spiro atoms. The maximum atomic E-state index is 11.7. The number of carboxylic acids is 1. The van der Waals surface area contributed by atoms with Crippen LogP contribution in [0.3, 0.4) is 0 Å². The molecule has 0 amide bonds. The predicted molar refractivity (Wildman–Crippen MR) is 39.9 cm³/mol. The second-order valence-corrected chi connectivity index (χ2v) is 2.36. The number of benzene rings is 1. The zero-order valence-corrected chi connectivity index (χ0v) is 6.37. The standard InChI is InChI=1S/C8H7FO3/c1-5-2-3-6(8(10)11)4-7(5)12-9/h2-4H,1H3,(H,10,11). The predicted octanol–water partition coefficient (Wildman–Crippen LogP) is 1.96. The van der Waals surface area contributed by atoms with Gasteiger partial charge < -0.3 is 5.11 Å². The minimum absolute atomic E-state index is 0.00764. The molecule has 0 heterocycles. The van der Waals surface area contributed by atoms with Gasteiger partial charge in [-0.1, -0.05) is 6.07 Å². The highest BCUT2D eigenvalue weighted by molar-refractivity contribution is 5.88. The molecule has 1 rings (SSSR count). The van der Waals surface area contributed by atoms with Crippen LogP contribution in [0.1, 0.15) is 15.9 Å². The molecule has 0 radical (unpaired) electrons. The zero-order chi connectivity index (χ0) is 9.14. The van der Waals surface area contributed by atoms with E-state index in [1.165, 1.54) is 12.1 Å². The van der Waals surface area contributed by atoms with Gasteiger partial charge in [-0.05, 0) is 24.6 Å². The first-order valence-electron chi connectivity index (χ1n) is 3.27. The summed E-state index contributed by atoms with van der Waals surface area (Å²) in [6.45, 7) is 1.63. The van der Waals surface area contributed by atoms with Gasteiger partial charge in [0.25, 0.3) is 0 Å². The summed E-state index contributed by atoms with van der Waals surface area (Å²) in [5.74, 6) is -1.16. The van der Waals surface area contributed by atoms with Gasteiger partial charge in [0.15, 0.2) is 5.75 Å². The summed E-state index contributed by atoms with van der Waals surface area (Å²) < 4.78 is 11.7. The van der Waals surface area contributed by atoms with E-state index >= 15 is 0 Å². The van der Waals surface area contributed by atoms with Crippen LogP contribution in [0.15, 0.2) is 18.2 Å². The molecule has 3 nitrogen and oxygen atoms in total. The van der Waals surface area contributed by atoms with Gasteiger partial charge in [-0.2, -0.15) is 0 Å². The third kappa shape index (κ3) is 1.53. The Hall–Kier alpha value is -1.58. The van der Waals surface area contributed by atoms with Crippen LogP contribution in [-0.2, 0) is 0 Å². The van der Waals surface area contributed by atoms with Gasteiger partial charge in [0.1, 0.15) is 0 Å². The normalized spacial score (nSPS) is 9.50. The number of carbonyl (C=O) groups is 1. The largest absolute Gasteiger partial charge is 0.478 e. The van der Waals surface area contributed by atoms with Gasteiger partial charge in [0.05, 0.1) is 5.56 Å². The lowest BCUT2D eigenvalue weighted by Gasteiger charge is -2.00. The zero-order valence-electron chi connectivity index (χ0n) is 6.37. The van der Waals surface area contributed by atoms with Gasteiger partial charge in [-0.25, -0.2) is 4.79 Å². The molecule has 1 aromatic carbocycles. The highest BCUT2D eigenvalue weighted by atomic mass is 19.3. The van der Waals surface area contributed by atoms with Crippen molar-refractivity contribution < 1.29 is 19.4 Å². The summed E-state index contributed by atoms with van der Waals surface area (Å²) in [5.41, 5.74) is 0.566. The van der Waals surface area contributed by atoms with E-state index in [1.807, 2.05) is 0 Å². The van der Waals surface area contributed by atoms with Crippen LogP contribution in [-0.4, -0.2) is 11.1 Å². The molecule has 12 heavy (non-hydrogen) atoms. The monoisotopic (exact) mass is 170 g/mol. The lowest BCUT2D eigenvalue weighted by Crippen LogP contribution is -1.96. The molecule has 1 N–H and O–H groups in total. The number of aryl methyl sites for hydroxylation is 1. The van der Waals surface area contributed by atoms with Crippen molar-refractivity contribution in [2.45, 2.75) is 6.92 Å². The highest BCUT2D eigenvalue weighted by Gasteiger charge is 2.06.